The Morgan fingerprint density at radius 3 is 2.25 bits per heavy atom. The Bertz CT molecular complexity index is 300. The van der Waals surface area contributed by atoms with Crippen molar-refractivity contribution in [2.24, 2.45) is 5.50 Å². The maximum absolute atomic E-state index is 11.9. The Labute approximate surface area is 99.2 Å². The smallest absolute Gasteiger partial charge is 0.261 e. The molecule has 0 aromatic rings. The zero-order valence-electron chi connectivity index (χ0n) is 11.0. The summed E-state index contributed by atoms with van der Waals surface area (Å²) in [7, 11) is 0.434. The van der Waals surface area contributed by atoms with Crippen LogP contribution in [-0.2, 0) is 13.7 Å². The van der Waals surface area contributed by atoms with Gasteiger partial charge >= 0.3 is 0 Å². The summed E-state index contributed by atoms with van der Waals surface area (Å²) in [5, 5.41) is 0. The second-order valence-corrected chi connectivity index (χ2v) is 11.8. The Kier molecular flexibility index (Phi) is 5.76. The summed E-state index contributed by atoms with van der Waals surface area (Å²) >= 11 is 0. The number of methoxy groups -OCH3 is 1. The molecule has 5 nitrogen and oxygen atoms in total. The van der Waals surface area contributed by atoms with Gasteiger partial charge in [0.2, 0.25) is 15.8 Å². The van der Waals surface area contributed by atoms with Gasteiger partial charge in [0, 0.05) is 6.08 Å². The molecule has 96 valence electrons. The van der Waals surface area contributed by atoms with E-state index in [-0.39, 0.29) is 6.16 Å². The lowest BCUT2D eigenvalue weighted by atomic mass is 10.7. The Morgan fingerprint density at radius 2 is 1.94 bits per heavy atom. The van der Waals surface area contributed by atoms with Crippen LogP contribution in [0.2, 0.25) is 19.6 Å². The first-order valence-electron chi connectivity index (χ1n) is 5.07. The van der Waals surface area contributed by atoms with Gasteiger partial charge in [0.05, 0.1) is 13.3 Å². The van der Waals surface area contributed by atoms with E-state index in [1.807, 2.05) is 19.6 Å². The molecule has 16 heavy (non-hydrogen) atoms. The third-order valence-corrected chi connectivity index (χ3v) is 4.68. The quantitative estimate of drug-likeness (QED) is 0.453. The van der Waals surface area contributed by atoms with Crippen LogP contribution >= 0.6 is 7.44 Å². The molecule has 7 heteroatoms. The largest absolute Gasteiger partial charge is 0.520 e. The monoisotopic (exact) mass is 266 g/mol. The van der Waals surface area contributed by atoms with Crippen molar-refractivity contribution in [1.29, 1.82) is 0 Å². The summed E-state index contributed by atoms with van der Waals surface area (Å²) < 4.78 is 24.1. The molecule has 0 aromatic heterocycles. The summed E-state index contributed by atoms with van der Waals surface area (Å²) in [6, 6.07) is 0. The summed E-state index contributed by atoms with van der Waals surface area (Å²) in [6.07, 6.45) is 1.90. The van der Waals surface area contributed by atoms with Crippen molar-refractivity contribution < 1.29 is 13.7 Å². The fourth-order valence-electron chi connectivity index (χ4n) is 0.837. The van der Waals surface area contributed by atoms with Crippen molar-refractivity contribution in [2.45, 2.75) is 19.6 Å². The molecule has 0 saturated heterocycles. The molecule has 0 amide bonds. The molecule has 0 heterocycles. The summed E-state index contributed by atoms with van der Waals surface area (Å²) in [5.74, 6) is 0.409. The van der Waals surface area contributed by atoms with E-state index in [4.69, 9.17) is 14.7 Å². The lowest BCUT2D eigenvalue weighted by Gasteiger charge is -2.22. The molecule has 1 unspecified atom stereocenters. The van der Waals surface area contributed by atoms with E-state index >= 15 is 0 Å². The molecule has 0 radical (unpaired) electrons. The Hall–Kier alpha value is -0.293. The van der Waals surface area contributed by atoms with E-state index in [0.717, 1.165) is 0 Å². The maximum atomic E-state index is 11.9. The third-order valence-electron chi connectivity index (χ3n) is 1.80. The molecule has 0 fully saturated rings. The van der Waals surface area contributed by atoms with E-state index in [2.05, 4.69) is 0 Å². The van der Waals surface area contributed by atoms with Crippen molar-refractivity contribution in [2.75, 3.05) is 27.4 Å². The first-order valence-corrected chi connectivity index (χ1v) is 10.4. The molecule has 1 atom stereocenters. The predicted octanol–water partition coefficient (Wildman–Crippen LogP) is 2.04. The maximum Gasteiger partial charge on any atom is 0.261 e. The van der Waals surface area contributed by atoms with Gasteiger partial charge in [-0.25, -0.2) is 4.67 Å². The zero-order chi connectivity index (χ0) is 13.0. The summed E-state index contributed by atoms with van der Waals surface area (Å²) in [4.78, 5) is 0. The van der Waals surface area contributed by atoms with Gasteiger partial charge < -0.3 is 9.16 Å². The standard InChI is InChI=1S/C9H23N2O3PSi/c1-11(2)15(10,12)8-7-9(13-3)14-16(4,5)6/h7H,8H2,1-6H3,(H2,10,12). The second-order valence-electron chi connectivity index (χ2n) is 4.73. The van der Waals surface area contributed by atoms with Gasteiger partial charge in [-0.1, -0.05) is 0 Å². The van der Waals surface area contributed by atoms with E-state index in [1.54, 1.807) is 20.2 Å². The molecular formula is C9H23N2O3PSi. The van der Waals surface area contributed by atoms with Crippen molar-refractivity contribution in [3.8, 4) is 0 Å². The van der Waals surface area contributed by atoms with Crippen molar-refractivity contribution >= 4 is 15.8 Å². The topological polar surface area (TPSA) is 64.8 Å². The van der Waals surface area contributed by atoms with Gasteiger partial charge in [0.1, 0.15) is 0 Å². The Balaban J connectivity index is 4.56. The average molecular weight is 266 g/mol. The van der Waals surface area contributed by atoms with Crippen molar-refractivity contribution in [1.82, 2.24) is 4.67 Å². The highest BCUT2D eigenvalue weighted by atomic mass is 31.2. The van der Waals surface area contributed by atoms with Gasteiger partial charge in [-0.2, -0.15) is 0 Å². The minimum atomic E-state index is -2.78. The van der Waals surface area contributed by atoms with E-state index in [9.17, 15) is 4.57 Å². The number of allylic oxidation sites excluding steroid dienone is 1. The van der Waals surface area contributed by atoms with Crippen molar-refractivity contribution in [3.63, 3.8) is 0 Å². The van der Waals surface area contributed by atoms with Crippen LogP contribution in [0.25, 0.3) is 0 Å². The number of hydrogen-bond acceptors (Lipinski definition) is 3. The molecule has 0 spiro atoms. The number of nitrogens with zero attached hydrogens (tertiary/aromatic N) is 1. The van der Waals surface area contributed by atoms with Crippen LogP contribution < -0.4 is 5.50 Å². The molecule has 0 aliphatic carbocycles. The van der Waals surface area contributed by atoms with Crippen LogP contribution in [0.5, 0.6) is 0 Å². The van der Waals surface area contributed by atoms with Crippen LogP contribution in [0, 0.1) is 0 Å². The number of nitrogens with two attached hydrogens (primary N) is 1. The van der Waals surface area contributed by atoms with Crippen LogP contribution in [0.15, 0.2) is 12.0 Å². The van der Waals surface area contributed by atoms with Crippen LogP contribution in [0.3, 0.4) is 0 Å². The third kappa shape index (κ3) is 6.32. The van der Waals surface area contributed by atoms with Gasteiger partial charge in [0.25, 0.3) is 5.95 Å². The lowest BCUT2D eigenvalue weighted by Crippen LogP contribution is -2.25. The van der Waals surface area contributed by atoms with Gasteiger partial charge in [0.15, 0.2) is 0 Å². The Morgan fingerprint density at radius 1 is 1.44 bits per heavy atom. The van der Waals surface area contributed by atoms with E-state index in [0.29, 0.717) is 5.95 Å². The highest BCUT2D eigenvalue weighted by molar-refractivity contribution is 7.59. The predicted molar refractivity (Wildman–Crippen MR) is 69.9 cm³/mol. The average Bonchev–Trinajstić information content (AvgIpc) is 2.10. The van der Waals surface area contributed by atoms with Crippen molar-refractivity contribution in [3.05, 3.63) is 12.0 Å². The van der Waals surface area contributed by atoms with Crippen LogP contribution in [0.1, 0.15) is 0 Å². The van der Waals surface area contributed by atoms with E-state index in [1.165, 1.54) is 11.8 Å². The fourth-order valence-corrected chi connectivity index (χ4v) is 2.34. The fraction of sp³-hybridized carbons (Fsp3) is 0.778. The number of rotatable bonds is 6. The van der Waals surface area contributed by atoms with Crippen LogP contribution in [-0.4, -0.2) is 40.4 Å². The minimum absolute atomic E-state index is 0.244. The lowest BCUT2D eigenvalue weighted by molar-refractivity contribution is 0.146. The molecule has 0 bridgehead atoms. The molecule has 0 aliphatic heterocycles. The normalized spacial score (nSPS) is 17.1. The highest BCUT2D eigenvalue weighted by Crippen LogP contribution is 2.38. The molecule has 2 N–H and O–H groups in total. The molecule has 0 saturated carbocycles. The van der Waals surface area contributed by atoms with Gasteiger partial charge in [-0.3, -0.25) is 10.1 Å². The SMILES string of the molecule is COC(=CCP(N)(=O)N(C)C)O[Si](C)(C)C. The minimum Gasteiger partial charge on any atom is -0.520 e. The van der Waals surface area contributed by atoms with Gasteiger partial charge in [-0.15, -0.1) is 0 Å². The van der Waals surface area contributed by atoms with Crippen LogP contribution in [0.4, 0.5) is 0 Å². The molecule has 0 aliphatic rings. The van der Waals surface area contributed by atoms with E-state index < -0.39 is 15.8 Å². The molecular weight excluding hydrogens is 243 g/mol. The first kappa shape index (κ1) is 15.7. The highest BCUT2D eigenvalue weighted by Gasteiger charge is 2.21. The summed E-state index contributed by atoms with van der Waals surface area (Å²) in [5.41, 5.74) is 5.66. The molecule has 0 aromatic carbocycles. The number of ether oxygens (including phenoxy) is 1. The second kappa shape index (κ2) is 5.86. The van der Waals surface area contributed by atoms with Gasteiger partial charge in [-0.05, 0) is 33.7 Å². The first-order chi connectivity index (χ1) is 7.08. The zero-order valence-corrected chi connectivity index (χ0v) is 12.9. The number of hydrogen-bond donors (Lipinski definition) is 1. The summed E-state index contributed by atoms with van der Waals surface area (Å²) in [6.45, 7) is 6.15. The molecule has 0 rings (SSSR count).